The van der Waals surface area contributed by atoms with Crippen LogP contribution in [-0.2, 0) is 13.1 Å². The molecule has 0 saturated carbocycles. The second kappa shape index (κ2) is 8.77. The summed E-state index contributed by atoms with van der Waals surface area (Å²) in [5, 5.41) is 15.6. The Morgan fingerprint density at radius 2 is 2.11 bits per heavy atom. The van der Waals surface area contributed by atoms with Crippen molar-refractivity contribution in [2.24, 2.45) is 0 Å². The summed E-state index contributed by atoms with van der Waals surface area (Å²) in [7, 11) is 0. The van der Waals surface area contributed by atoms with Crippen molar-refractivity contribution in [2.75, 3.05) is 11.9 Å². The van der Waals surface area contributed by atoms with Gasteiger partial charge in [-0.05, 0) is 56.2 Å². The number of rotatable bonds is 7. The fourth-order valence-electron chi connectivity index (χ4n) is 2.84. The third-order valence-electron chi connectivity index (χ3n) is 4.06. The zero-order valence-corrected chi connectivity index (χ0v) is 16.3. The molecule has 0 unspecified atom stereocenters. The van der Waals surface area contributed by atoms with E-state index in [1.165, 1.54) is 17.8 Å². The van der Waals surface area contributed by atoms with E-state index in [1.54, 1.807) is 16.9 Å². The monoisotopic (exact) mass is 386 g/mol. The van der Waals surface area contributed by atoms with Gasteiger partial charge in [0.1, 0.15) is 5.82 Å². The quantitative estimate of drug-likeness (QED) is 0.482. The number of aromatic nitrogens is 4. The molecular weight excluding hydrogens is 363 g/mol. The summed E-state index contributed by atoms with van der Waals surface area (Å²) < 4.78 is 17.0. The summed E-state index contributed by atoms with van der Waals surface area (Å²) in [5.41, 5.74) is 3.85. The number of anilines is 1. The van der Waals surface area contributed by atoms with E-state index in [-0.39, 0.29) is 5.82 Å². The van der Waals surface area contributed by atoms with Gasteiger partial charge in [0.2, 0.25) is 0 Å². The molecule has 0 radical (unpaired) electrons. The minimum absolute atomic E-state index is 0.246. The van der Waals surface area contributed by atoms with Crippen molar-refractivity contribution in [1.82, 2.24) is 24.9 Å². The van der Waals surface area contributed by atoms with Gasteiger partial charge in [0, 0.05) is 25.0 Å². The molecule has 0 atom stereocenters. The third-order valence-corrected chi connectivity index (χ3v) is 4.31. The fourth-order valence-corrected chi connectivity index (χ4v) is 3.06. The summed E-state index contributed by atoms with van der Waals surface area (Å²) in [6.07, 6.45) is 4.46. The molecule has 0 spiro atoms. The number of nitrogens with one attached hydrogen (secondary N) is 2. The highest BCUT2D eigenvalue weighted by molar-refractivity contribution is 7.80. The minimum atomic E-state index is -0.246. The second-order valence-corrected chi connectivity index (χ2v) is 6.85. The van der Waals surface area contributed by atoms with Crippen LogP contribution in [0.25, 0.3) is 0 Å². The van der Waals surface area contributed by atoms with Crippen molar-refractivity contribution in [3.63, 3.8) is 0 Å². The average molecular weight is 387 g/mol. The van der Waals surface area contributed by atoms with E-state index in [0.29, 0.717) is 11.7 Å². The Hall–Kier alpha value is -2.74. The number of hydrogen-bond acceptors (Lipinski definition) is 3. The van der Waals surface area contributed by atoms with Gasteiger partial charge in [0.15, 0.2) is 5.11 Å². The molecule has 0 saturated heterocycles. The lowest BCUT2D eigenvalue weighted by atomic mass is 10.2. The summed E-state index contributed by atoms with van der Waals surface area (Å²) in [6.45, 7) is 6.15. The lowest BCUT2D eigenvalue weighted by Gasteiger charge is -2.09. The van der Waals surface area contributed by atoms with Gasteiger partial charge < -0.3 is 10.6 Å². The molecule has 0 amide bonds. The molecular formula is C19H23FN6S. The highest BCUT2D eigenvalue weighted by Gasteiger charge is 2.04. The van der Waals surface area contributed by atoms with Crippen LogP contribution in [0.4, 0.5) is 10.1 Å². The fraction of sp³-hybridized carbons (Fsp3) is 0.316. The van der Waals surface area contributed by atoms with Crippen LogP contribution < -0.4 is 10.6 Å². The molecule has 8 heteroatoms. The Bertz CT molecular complexity index is 917. The van der Waals surface area contributed by atoms with Gasteiger partial charge in [0.25, 0.3) is 0 Å². The highest BCUT2D eigenvalue weighted by Crippen LogP contribution is 2.09. The molecule has 27 heavy (non-hydrogen) atoms. The molecule has 3 aromatic rings. The minimum Gasteiger partial charge on any atom is -0.362 e. The Balaban J connectivity index is 1.42. The molecule has 2 N–H and O–H groups in total. The summed E-state index contributed by atoms with van der Waals surface area (Å²) in [6, 6.07) is 8.56. The number of halogens is 1. The first-order chi connectivity index (χ1) is 13.0. The van der Waals surface area contributed by atoms with Crippen LogP contribution in [0, 0.1) is 19.7 Å². The van der Waals surface area contributed by atoms with E-state index >= 15 is 0 Å². The largest absolute Gasteiger partial charge is 0.362 e. The number of nitrogens with zero attached hydrogens (tertiary/aromatic N) is 4. The number of benzene rings is 1. The SMILES string of the molecule is Cc1cc(C)n(CCCNC(=S)Nc2cnn(Cc3cccc(F)c3)c2)n1. The van der Waals surface area contributed by atoms with Crippen LogP contribution in [0.15, 0.2) is 42.7 Å². The van der Waals surface area contributed by atoms with Crippen LogP contribution in [-0.4, -0.2) is 31.2 Å². The lowest BCUT2D eigenvalue weighted by molar-refractivity contribution is 0.558. The molecule has 0 bridgehead atoms. The van der Waals surface area contributed by atoms with Crippen molar-refractivity contribution in [2.45, 2.75) is 33.4 Å². The standard InChI is InChI=1S/C19H23FN6S/c1-14-9-15(2)26(24-14)8-4-7-21-19(27)23-18-11-22-25(13-18)12-16-5-3-6-17(20)10-16/h3,5-6,9-11,13H,4,7-8,12H2,1-2H3,(H2,21,23,27). The van der Waals surface area contributed by atoms with Crippen molar-refractivity contribution < 1.29 is 4.39 Å². The third kappa shape index (κ3) is 5.62. The van der Waals surface area contributed by atoms with Crippen LogP contribution in [0.5, 0.6) is 0 Å². The van der Waals surface area contributed by atoms with Gasteiger partial charge in [-0.3, -0.25) is 9.36 Å². The van der Waals surface area contributed by atoms with Crippen LogP contribution >= 0.6 is 12.2 Å². The van der Waals surface area contributed by atoms with E-state index in [1.807, 2.05) is 23.9 Å². The van der Waals surface area contributed by atoms with E-state index in [0.717, 1.165) is 36.5 Å². The molecule has 0 aliphatic heterocycles. The van der Waals surface area contributed by atoms with Crippen molar-refractivity contribution in [3.8, 4) is 0 Å². The van der Waals surface area contributed by atoms with Crippen molar-refractivity contribution in [3.05, 3.63) is 65.5 Å². The van der Waals surface area contributed by atoms with Crippen LogP contribution in [0.3, 0.4) is 0 Å². The second-order valence-electron chi connectivity index (χ2n) is 6.44. The Morgan fingerprint density at radius 1 is 1.26 bits per heavy atom. The summed E-state index contributed by atoms with van der Waals surface area (Å²) in [4.78, 5) is 0. The lowest BCUT2D eigenvalue weighted by Crippen LogP contribution is -2.29. The topological polar surface area (TPSA) is 59.7 Å². The van der Waals surface area contributed by atoms with E-state index in [2.05, 4.69) is 33.8 Å². The molecule has 6 nitrogen and oxygen atoms in total. The summed E-state index contributed by atoms with van der Waals surface area (Å²) >= 11 is 5.32. The predicted molar refractivity (Wildman–Crippen MR) is 108 cm³/mol. The Morgan fingerprint density at radius 3 is 2.85 bits per heavy atom. The maximum absolute atomic E-state index is 13.3. The first-order valence-corrected chi connectivity index (χ1v) is 9.23. The Labute approximate surface area is 163 Å². The number of aryl methyl sites for hydroxylation is 3. The predicted octanol–water partition coefficient (Wildman–Crippen LogP) is 3.26. The van der Waals surface area contributed by atoms with Crippen molar-refractivity contribution in [1.29, 1.82) is 0 Å². The van der Waals surface area contributed by atoms with Gasteiger partial charge in [-0.1, -0.05) is 12.1 Å². The zero-order valence-electron chi connectivity index (χ0n) is 15.4. The van der Waals surface area contributed by atoms with Gasteiger partial charge >= 0.3 is 0 Å². The molecule has 0 aliphatic rings. The number of thiocarbonyl (C=S) groups is 1. The van der Waals surface area contributed by atoms with Gasteiger partial charge in [-0.15, -0.1) is 0 Å². The van der Waals surface area contributed by atoms with E-state index in [4.69, 9.17) is 12.2 Å². The zero-order chi connectivity index (χ0) is 19.2. The van der Waals surface area contributed by atoms with Gasteiger partial charge in [-0.25, -0.2) is 4.39 Å². The van der Waals surface area contributed by atoms with Gasteiger partial charge in [0.05, 0.1) is 24.1 Å². The molecule has 0 fully saturated rings. The summed E-state index contributed by atoms with van der Waals surface area (Å²) in [5.74, 6) is -0.246. The number of hydrogen-bond donors (Lipinski definition) is 2. The highest BCUT2D eigenvalue weighted by atomic mass is 32.1. The first-order valence-electron chi connectivity index (χ1n) is 8.82. The average Bonchev–Trinajstić information content (AvgIpc) is 3.17. The van der Waals surface area contributed by atoms with Gasteiger partial charge in [-0.2, -0.15) is 10.2 Å². The normalized spacial score (nSPS) is 10.8. The Kier molecular flexibility index (Phi) is 6.18. The maximum Gasteiger partial charge on any atom is 0.170 e. The van der Waals surface area contributed by atoms with E-state index < -0.39 is 0 Å². The van der Waals surface area contributed by atoms with Crippen molar-refractivity contribution >= 4 is 23.0 Å². The molecule has 0 aliphatic carbocycles. The molecule has 142 valence electrons. The maximum atomic E-state index is 13.3. The van der Waals surface area contributed by atoms with Crippen LogP contribution in [0.2, 0.25) is 0 Å². The van der Waals surface area contributed by atoms with E-state index in [9.17, 15) is 4.39 Å². The molecule has 3 rings (SSSR count). The first kappa shape index (κ1) is 19.0. The smallest absolute Gasteiger partial charge is 0.170 e. The molecule has 1 aromatic carbocycles. The van der Waals surface area contributed by atoms with Crippen LogP contribution in [0.1, 0.15) is 23.4 Å². The molecule has 2 aromatic heterocycles. The molecule has 2 heterocycles.